The van der Waals surface area contributed by atoms with E-state index in [1.807, 2.05) is 12.1 Å². The number of aldehydes is 1. The summed E-state index contributed by atoms with van der Waals surface area (Å²) in [5.41, 5.74) is 1.89. The van der Waals surface area contributed by atoms with E-state index in [0.29, 0.717) is 16.9 Å². The summed E-state index contributed by atoms with van der Waals surface area (Å²) in [6.45, 7) is 0. The lowest BCUT2D eigenvalue weighted by molar-refractivity contribution is 0.112. The fraction of sp³-hybridized carbons (Fsp3) is 0. The number of anilines is 2. The van der Waals surface area contributed by atoms with Crippen molar-refractivity contribution in [2.24, 2.45) is 0 Å². The minimum Gasteiger partial charge on any atom is -0.308 e. The van der Waals surface area contributed by atoms with Gasteiger partial charge in [-0.15, -0.1) is 0 Å². The number of rotatable bonds is 3. The summed E-state index contributed by atoms with van der Waals surface area (Å²) in [6.07, 6.45) is 0.756. The largest absolute Gasteiger partial charge is 0.323 e. The van der Waals surface area contributed by atoms with Gasteiger partial charge in [0.2, 0.25) is 0 Å². The highest BCUT2D eigenvalue weighted by molar-refractivity contribution is 9.10. The summed E-state index contributed by atoms with van der Waals surface area (Å²) in [5, 5.41) is 5.38. The van der Waals surface area contributed by atoms with Gasteiger partial charge in [-0.3, -0.25) is 4.79 Å². The standard InChI is InChI=1S/C14H11BrN2O2/c15-11-3-7-13(8-4-11)17-14(19)16-12-5-1-10(9-18)2-6-12/h1-9H,(H2,16,17,19). The van der Waals surface area contributed by atoms with Gasteiger partial charge in [0.15, 0.2) is 0 Å². The molecule has 2 aromatic rings. The van der Waals surface area contributed by atoms with E-state index in [1.165, 1.54) is 0 Å². The summed E-state index contributed by atoms with van der Waals surface area (Å²) >= 11 is 3.32. The summed E-state index contributed by atoms with van der Waals surface area (Å²) in [6, 6.07) is 13.6. The van der Waals surface area contributed by atoms with E-state index in [2.05, 4.69) is 26.6 Å². The highest BCUT2D eigenvalue weighted by Crippen LogP contribution is 2.15. The number of halogens is 1. The molecule has 0 saturated heterocycles. The van der Waals surface area contributed by atoms with Crippen molar-refractivity contribution in [3.8, 4) is 0 Å². The van der Waals surface area contributed by atoms with Crippen LogP contribution < -0.4 is 10.6 Å². The van der Waals surface area contributed by atoms with E-state index in [1.54, 1.807) is 36.4 Å². The lowest BCUT2D eigenvalue weighted by Crippen LogP contribution is -2.19. The van der Waals surface area contributed by atoms with Crippen molar-refractivity contribution in [2.45, 2.75) is 0 Å². The first-order valence-electron chi connectivity index (χ1n) is 5.56. The average molecular weight is 319 g/mol. The number of benzene rings is 2. The first kappa shape index (κ1) is 13.3. The SMILES string of the molecule is O=Cc1ccc(NC(=O)Nc2ccc(Br)cc2)cc1. The van der Waals surface area contributed by atoms with Gasteiger partial charge in [-0.1, -0.05) is 15.9 Å². The van der Waals surface area contributed by atoms with Crippen molar-refractivity contribution < 1.29 is 9.59 Å². The van der Waals surface area contributed by atoms with Crippen LogP contribution in [0.25, 0.3) is 0 Å². The highest BCUT2D eigenvalue weighted by atomic mass is 79.9. The Hall–Kier alpha value is -2.14. The molecule has 2 aromatic carbocycles. The van der Waals surface area contributed by atoms with Gasteiger partial charge < -0.3 is 10.6 Å². The van der Waals surface area contributed by atoms with E-state index >= 15 is 0 Å². The van der Waals surface area contributed by atoms with Crippen molar-refractivity contribution in [2.75, 3.05) is 10.6 Å². The zero-order valence-electron chi connectivity index (χ0n) is 9.89. The fourth-order valence-electron chi connectivity index (χ4n) is 1.47. The van der Waals surface area contributed by atoms with Crippen LogP contribution >= 0.6 is 15.9 Å². The quantitative estimate of drug-likeness (QED) is 0.843. The van der Waals surface area contributed by atoms with E-state index in [9.17, 15) is 9.59 Å². The monoisotopic (exact) mass is 318 g/mol. The molecule has 0 fully saturated rings. The Balaban J connectivity index is 1.96. The van der Waals surface area contributed by atoms with Crippen LogP contribution in [0.3, 0.4) is 0 Å². The van der Waals surface area contributed by atoms with Crippen LogP contribution in [0.2, 0.25) is 0 Å². The maximum atomic E-state index is 11.7. The Morgan fingerprint density at radius 1 is 0.895 bits per heavy atom. The summed E-state index contributed by atoms with van der Waals surface area (Å²) < 4.78 is 0.947. The molecule has 0 heterocycles. The highest BCUT2D eigenvalue weighted by Gasteiger charge is 2.02. The van der Waals surface area contributed by atoms with Gasteiger partial charge in [-0.05, 0) is 48.5 Å². The topological polar surface area (TPSA) is 58.2 Å². The second-order valence-electron chi connectivity index (χ2n) is 3.83. The van der Waals surface area contributed by atoms with Gasteiger partial charge in [0, 0.05) is 21.4 Å². The molecule has 0 spiro atoms. The normalized spacial score (nSPS) is 9.74. The number of nitrogens with one attached hydrogen (secondary N) is 2. The molecule has 0 aromatic heterocycles. The minimum absolute atomic E-state index is 0.332. The molecule has 0 unspecified atom stereocenters. The Bertz CT molecular complexity index is 579. The van der Waals surface area contributed by atoms with E-state index in [-0.39, 0.29) is 6.03 Å². The molecule has 0 saturated carbocycles. The number of carbonyl (C=O) groups is 2. The maximum Gasteiger partial charge on any atom is 0.323 e. The van der Waals surface area contributed by atoms with E-state index < -0.39 is 0 Å². The number of amides is 2. The number of hydrogen-bond acceptors (Lipinski definition) is 2. The number of urea groups is 1. The third-order valence-corrected chi connectivity index (χ3v) is 2.94. The molecular weight excluding hydrogens is 308 g/mol. The number of hydrogen-bond donors (Lipinski definition) is 2. The van der Waals surface area contributed by atoms with Crippen molar-refractivity contribution >= 4 is 39.6 Å². The third kappa shape index (κ3) is 3.93. The van der Waals surface area contributed by atoms with Crippen LogP contribution in [0.4, 0.5) is 16.2 Å². The zero-order valence-corrected chi connectivity index (χ0v) is 11.5. The van der Waals surface area contributed by atoms with Crippen LogP contribution in [0.5, 0.6) is 0 Å². The molecule has 2 amide bonds. The van der Waals surface area contributed by atoms with E-state index in [4.69, 9.17) is 0 Å². The minimum atomic E-state index is -0.332. The molecule has 0 radical (unpaired) electrons. The second-order valence-corrected chi connectivity index (χ2v) is 4.74. The molecule has 2 N–H and O–H groups in total. The summed E-state index contributed by atoms with van der Waals surface area (Å²) in [4.78, 5) is 22.2. The van der Waals surface area contributed by atoms with Gasteiger partial charge in [0.25, 0.3) is 0 Å². The fourth-order valence-corrected chi connectivity index (χ4v) is 1.74. The lowest BCUT2D eigenvalue weighted by atomic mass is 10.2. The van der Waals surface area contributed by atoms with Crippen LogP contribution in [0, 0.1) is 0 Å². The third-order valence-electron chi connectivity index (χ3n) is 2.41. The molecule has 0 atom stereocenters. The molecule has 2 rings (SSSR count). The predicted octanol–water partition coefficient (Wildman–Crippen LogP) is 3.91. The van der Waals surface area contributed by atoms with E-state index in [0.717, 1.165) is 10.8 Å². The Morgan fingerprint density at radius 2 is 1.37 bits per heavy atom. The molecule has 96 valence electrons. The van der Waals surface area contributed by atoms with Crippen molar-refractivity contribution in [1.82, 2.24) is 0 Å². The Kier molecular flexibility index (Phi) is 4.30. The molecule has 4 nitrogen and oxygen atoms in total. The van der Waals surface area contributed by atoms with Gasteiger partial charge in [-0.2, -0.15) is 0 Å². The van der Waals surface area contributed by atoms with Crippen LogP contribution in [0.1, 0.15) is 10.4 Å². The smallest absolute Gasteiger partial charge is 0.308 e. The van der Waals surface area contributed by atoms with Crippen molar-refractivity contribution in [3.05, 3.63) is 58.6 Å². The Morgan fingerprint density at radius 3 is 1.84 bits per heavy atom. The number of carbonyl (C=O) groups excluding carboxylic acids is 2. The molecular formula is C14H11BrN2O2. The molecule has 0 bridgehead atoms. The van der Waals surface area contributed by atoms with Gasteiger partial charge in [-0.25, -0.2) is 4.79 Å². The zero-order chi connectivity index (χ0) is 13.7. The molecule has 19 heavy (non-hydrogen) atoms. The summed E-state index contributed by atoms with van der Waals surface area (Å²) in [7, 11) is 0. The molecule has 5 heteroatoms. The van der Waals surface area contributed by atoms with Crippen LogP contribution in [-0.2, 0) is 0 Å². The first-order chi connectivity index (χ1) is 9.17. The molecule has 0 aliphatic heterocycles. The van der Waals surface area contributed by atoms with Gasteiger partial charge in [0.1, 0.15) is 6.29 Å². The van der Waals surface area contributed by atoms with Crippen molar-refractivity contribution in [3.63, 3.8) is 0 Å². The van der Waals surface area contributed by atoms with Gasteiger partial charge in [0.05, 0.1) is 0 Å². The van der Waals surface area contributed by atoms with Crippen molar-refractivity contribution in [1.29, 1.82) is 0 Å². The lowest BCUT2D eigenvalue weighted by Gasteiger charge is -2.07. The first-order valence-corrected chi connectivity index (χ1v) is 6.35. The summed E-state index contributed by atoms with van der Waals surface area (Å²) in [5.74, 6) is 0. The molecule has 0 aliphatic carbocycles. The Labute approximate surface area is 119 Å². The van der Waals surface area contributed by atoms with Crippen LogP contribution in [0.15, 0.2) is 53.0 Å². The van der Waals surface area contributed by atoms with Crippen LogP contribution in [-0.4, -0.2) is 12.3 Å². The average Bonchev–Trinajstić information content (AvgIpc) is 2.42. The maximum absolute atomic E-state index is 11.7. The van der Waals surface area contributed by atoms with Gasteiger partial charge >= 0.3 is 6.03 Å². The predicted molar refractivity (Wildman–Crippen MR) is 78.6 cm³/mol. The second kappa shape index (κ2) is 6.15. The molecule has 0 aliphatic rings.